The van der Waals surface area contributed by atoms with Crippen molar-refractivity contribution in [2.75, 3.05) is 5.32 Å². The van der Waals surface area contributed by atoms with Gasteiger partial charge >= 0.3 is 0 Å². The van der Waals surface area contributed by atoms with Crippen molar-refractivity contribution in [3.63, 3.8) is 0 Å². The van der Waals surface area contributed by atoms with Gasteiger partial charge in [-0.2, -0.15) is 5.10 Å². The molecule has 0 aliphatic heterocycles. The lowest BCUT2D eigenvalue weighted by Gasteiger charge is -2.11. The first kappa shape index (κ1) is 16.3. The van der Waals surface area contributed by atoms with E-state index in [9.17, 15) is 9.59 Å². The molecule has 0 saturated heterocycles. The van der Waals surface area contributed by atoms with Gasteiger partial charge in [-0.15, -0.1) is 0 Å². The molecule has 3 rings (SSSR count). The maximum Gasteiger partial charge on any atom is 0.252 e. The number of nitrogens with zero attached hydrogens (tertiary/aromatic N) is 3. The number of carbonyl (C=O) groups is 1. The van der Waals surface area contributed by atoms with Crippen LogP contribution in [-0.2, 0) is 18.4 Å². The second-order valence-electron chi connectivity index (χ2n) is 5.69. The predicted molar refractivity (Wildman–Crippen MR) is 94.5 cm³/mol. The number of halogens is 1. The Hall–Kier alpha value is -2.60. The van der Waals surface area contributed by atoms with E-state index in [0.29, 0.717) is 16.4 Å². The van der Waals surface area contributed by atoms with Gasteiger partial charge in [0.2, 0.25) is 5.91 Å². The van der Waals surface area contributed by atoms with E-state index in [4.69, 9.17) is 11.6 Å². The number of amides is 1. The highest BCUT2D eigenvalue weighted by Gasteiger charge is 2.16. The van der Waals surface area contributed by atoms with Crippen molar-refractivity contribution in [3.8, 4) is 0 Å². The van der Waals surface area contributed by atoms with E-state index in [1.807, 2.05) is 13.8 Å². The summed E-state index contributed by atoms with van der Waals surface area (Å²) in [7, 11) is 1.76. The van der Waals surface area contributed by atoms with Crippen LogP contribution in [0.25, 0.3) is 11.0 Å². The average Bonchev–Trinajstić information content (AvgIpc) is 2.81. The lowest BCUT2D eigenvalue weighted by Crippen LogP contribution is -2.28. The van der Waals surface area contributed by atoms with Gasteiger partial charge < -0.3 is 5.32 Å². The van der Waals surface area contributed by atoms with Gasteiger partial charge in [0.15, 0.2) is 0 Å². The van der Waals surface area contributed by atoms with Crippen LogP contribution in [0, 0.1) is 13.8 Å². The summed E-state index contributed by atoms with van der Waals surface area (Å²) in [5.41, 5.74) is 2.58. The van der Waals surface area contributed by atoms with E-state index in [1.54, 1.807) is 36.0 Å². The maximum atomic E-state index is 12.4. The summed E-state index contributed by atoms with van der Waals surface area (Å²) < 4.78 is 3.05. The fraction of sp³-hybridized carbons (Fsp3) is 0.235. The number of rotatable bonds is 3. The van der Waals surface area contributed by atoms with Crippen LogP contribution in [-0.4, -0.2) is 20.3 Å². The third-order valence-electron chi connectivity index (χ3n) is 3.90. The van der Waals surface area contributed by atoms with Gasteiger partial charge in [0, 0.05) is 18.5 Å². The Balaban J connectivity index is 2.00. The molecule has 0 unspecified atom stereocenters. The SMILES string of the molecule is Cc1cc(=O)n(CC(=O)Nc2ccccc2Cl)c2c1c(C)nn2C. The average molecular weight is 345 g/mol. The van der Waals surface area contributed by atoms with Gasteiger partial charge in [0.25, 0.3) is 5.56 Å². The number of anilines is 1. The van der Waals surface area contributed by atoms with Crippen molar-refractivity contribution in [2.24, 2.45) is 7.05 Å². The van der Waals surface area contributed by atoms with Gasteiger partial charge in [-0.25, -0.2) is 0 Å². The largest absolute Gasteiger partial charge is 0.323 e. The van der Waals surface area contributed by atoms with Crippen molar-refractivity contribution in [1.29, 1.82) is 0 Å². The molecular weight excluding hydrogens is 328 g/mol. The second kappa shape index (κ2) is 6.13. The van der Waals surface area contributed by atoms with E-state index in [2.05, 4.69) is 10.4 Å². The number of aromatic nitrogens is 3. The van der Waals surface area contributed by atoms with E-state index >= 15 is 0 Å². The smallest absolute Gasteiger partial charge is 0.252 e. The molecular formula is C17H17ClN4O2. The minimum Gasteiger partial charge on any atom is -0.323 e. The van der Waals surface area contributed by atoms with Crippen molar-refractivity contribution >= 4 is 34.2 Å². The normalized spacial score (nSPS) is 11.0. The summed E-state index contributed by atoms with van der Waals surface area (Å²) in [6, 6.07) is 8.49. The third-order valence-corrected chi connectivity index (χ3v) is 4.23. The zero-order valence-corrected chi connectivity index (χ0v) is 14.4. The summed E-state index contributed by atoms with van der Waals surface area (Å²) >= 11 is 6.05. The van der Waals surface area contributed by atoms with Crippen LogP contribution < -0.4 is 10.9 Å². The molecule has 2 aromatic heterocycles. The number of carbonyl (C=O) groups excluding carboxylic acids is 1. The van der Waals surface area contributed by atoms with Crippen molar-refractivity contribution in [3.05, 3.63) is 57.0 Å². The number of aryl methyl sites for hydroxylation is 3. The Kier molecular flexibility index (Phi) is 4.15. The summed E-state index contributed by atoms with van der Waals surface area (Å²) in [6.45, 7) is 3.64. The second-order valence-corrected chi connectivity index (χ2v) is 6.09. The van der Waals surface area contributed by atoms with Gasteiger partial charge in [-0.1, -0.05) is 23.7 Å². The molecule has 3 aromatic rings. The summed E-state index contributed by atoms with van der Waals surface area (Å²) in [5, 5.41) is 8.43. The molecule has 0 saturated carbocycles. The molecule has 0 aliphatic carbocycles. The molecule has 1 N–H and O–H groups in total. The molecule has 1 amide bonds. The third kappa shape index (κ3) is 2.80. The first-order valence-corrected chi connectivity index (χ1v) is 7.84. The van der Waals surface area contributed by atoms with Crippen LogP contribution in [0.15, 0.2) is 35.1 Å². The number of pyridine rings is 1. The molecule has 2 heterocycles. The Morgan fingerprint density at radius 3 is 2.71 bits per heavy atom. The summed E-state index contributed by atoms with van der Waals surface area (Å²) in [6.07, 6.45) is 0. The van der Waals surface area contributed by atoms with Crippen LogP contribution in [0.5, 0.6) is 0 Å². The maximum absolute atomic E-state index is 12.4. The fourth-order valence-electron chi connectivity index (χ4n) is 2.91. The molecule has 0 fully saturated rings. The highest BCUT2D eigenvalue weighted by Crippen LogP contribution is 2.21. The highest BCUT2D eigenvalue weighted by atomic mass is 35.5. The number of hydrogen-bond acceptors (Lipinski definition) is 3. The van der Waals surface area contributed by atoms with Gasteiger partial charge in [0.05, 0.1) is 16.4 Å². The Morgan fingerprint density at radius 2 is 2.00 bits per heavy atom. The van der Waals surface area contributed by atoms with E-state index in [-0.39, 0.29) is 18.0 Å². The molecule has 0 bridgehead atoms. The Bertz CT molecular complexity index is 1000. The molecule has 0 spiro atoms. The first-order chi connectivity index (χ1) is 11.4. The van der Waals surface area contributed by atoms with E-state index in [0.717, 1.165) is 16.6 Å². The molecule has 1 aromatic carbocycles. The Labute approximate surface area is 143 Å². The lowest BCUT2D eigenvalue weighted by molar-refractivity contribution is -0.116. The van der Waals surface area contributed by atoms with Gasteiger partial charge in [-0.3, -0.25) is 18.8 Å². The van der Waals surface area contributed by atoms with Crippen LogP contribution in [0.4, 0.5) is 5.69 Å². The molecule has 124 valence electrons. The zero-order chi connectivity index (χ0) is 17.4. The molecule has 7 heteroatoms. The molecule has 6 nitrogen and oxygen atoms in total. The van der Waals surface area contributed by atoms with E-state index in [1.165, 1.54) is 10.6 Å². The van der Waals surface area contributed by atoms with Crippen molar-refractivity contribution < 1.29 is 4.79 Å². The van der Waals surface area contributed by atoms with E-state index < -0.39 is 0 Å². The summed E-state index contributed by atoms with van der Waals surface area (Å²) in [5.74, 6) is -0.325. The van der Waals surface area contributed by atoms with Gasteiger partial charge in [0.1, 0.15) is 12.2 Å². The lowest BCUT2D eigenvalue weighted by atomic mass is 10.1. The Morgan fingerprint density at radius 1 is 1.29 bits per heavy atom. The number of nitrogens with one attached hydrogen (secondary N) is 1. The monoisotopic (exact) mass is 344 g/mol. The van der Waals surface area contributed by atoms with Crippen LogP contribution in [0.1, 0.15) is 11.3 Å². The number of hydrogen-bond donors (Lipinski definition) is 1. The first-order valence-electron chi connectivity index (χ1n) is 7.46. The van der Waals surface area contributed by atoms with Crippen LogP contribution in [0.2, 0.25) is 5.02 Å². The highest BCUT2D eigenvalue weighted by molar-refractivity contribution is 6.33. The molecule has 0 atom stereocenters. The quantitative estimate of drug-likeness (QED) is 0.794. The number of fused-ring (bicyclic) bond motifs is 1. The minimum absolute atomic E-state index is 0.111. The minimum atomic E-state index is -0.325. The summed E-state index contributed by atoms with van der Waals surface area (Å²) in [4.78, 5) is 24.8. The van der Waals surface area contributed by atoms with Crippen molar-refractivity contribution in [2.45, 2.75) is 20.4 Å². The topological polar surface area (TPSA) is 68.9 Å². The van der Waals surface area contributed by atoms with Crippen LogP contribution >= 0.6 is 11.6 Å². The van der Waals surface area contributed by atoms with Crippen LogP contribution in [0.3, 0.4) is 0 Å². The zero-order valence-electron chi connectivity index (χ0n) is 13.6. The number of benzene rings is 1. The standard InChI is InChI=1S/C17H17ClN4O2/c1-10-8-15(24)22(17-16(10)11(2)20-21(17)3)9-14(23)19-13-7-5-4-6-12(13)18/h4-8H,9H2,1-3H3,(H,19,23). The fourth-order valence-corrected chi connectivity index (χ4v) is 3.09. The molecule has 24 heavy (non-hydrogen) atoms. The predicted octanol–water partition coefficient (Wildman–Crippen LogP) is 2.64. The molecule has 0 aliphatic rings. The van der Waals surface area contributed by atoms with Crippen molar-refractivity contribution in [1.82, 2.24) is 14.3 Å². The molecule has 0 radical (unpaired) electrons. The number of para-hydroxylation sites is 1. The van der Waals surface area contributed by atoms with Gasteiger partial charge in [-0.05, 0) is 31.5 Å².